The third kappa shape index (κ3) is 3.48. The molecule has 0 aliphatic rings. The molecule has 2 aromatic carbocycles. The van der Waals surface area contributed by atoms with E-state index in [2.05, 4.69) is 0 Å². The first kappa shape index (κ1) is 18.8. The summed E-state index contributed by atoms with van der Waals surface area (Å²) in [5, 5.41) is 11.5. The van der Waals surface area contributed by atoms with Crippen molar-refractivity contribution in [1.29, 1.82) is 0 Å². The predicted octanol–water partition coefficient (Wildman–Crippen LogP) is 2.80. The third-order valence-electron chi connectivity index (χ3n) is 4.32. The number of hydrogen-bond donors (Lipinski definition) is 0. The van der Waals surface area contributed by atoms with Crippen LogP contribution >= 0.6 is 0 Å². The van der Waals surface area contributed by atoms with E-state index in [1.165, 1.54) is 20.2 Å². The largest absolute Gasteiger partial charge is 0.357 e. The molecule has 1 aromatic heterocycles. The van der Waals surface area contributed by atoms with Crippen LogP contribution in [0.25, 0.3) is 6.08 Å². The zero-order valence-electron chi connectivity index (χ0n) is 15.4. The van der Waals surface area contributed by atoms with Crippen LogP contribution in [-0.4, -0.2) is 14.1 Å². The summed E-state index contributed by atoms with van der Waals surface area (Å²) in [5.41, 5.74) is -0.667. The van der Waals surface area contributed by atoms with Gasteiger partial charge in [-0.3, -0.25) is 24.0 Å². The van der Waals surface area contributed by atoms with Crippen molar-refractivity contribution >= 4 is 23.1 Å². The summed E-state index contributed by atoms with van der Waals surface area (Å²) in [6.07, 6.45) is 3.01. The highest BCUT2D eigenvalue weighted by atomic mass is 16.6. The van der Waals surface area contributed by atoms with Crippen molar-refractivity contribution in [3.63, 3.8) is 0 Å². The molecule has 0 radical (unpaired) electrons. The molecule has 0 bridgehead atoms. The Bertz CT molecular complexity index is 1110. The van der Waals surface area contributed by atoms with Crippen molar-refractivity contribution in [2.45, 2.75) is 0 Å². The van der Waals surface area contributed by atoms with Crippen LogP contribution in [0.3, 0.4) is 0 Å². The van der Waals surface area contributed by atoms with E-state index in [1.54, 1.807) is 6.20 Å². The highest BCUT2D eigenvalue weighted by molar-refractivity contribution is 5.70. The van der Waals surface area contributed by atoms with E-state index in [4.69, 9.17) is 0 Å². The molecule has 0 aliphatic carbocycles. The van der Waals surface area contributed by atoms with Crippen molar-refractivity contribution in [2.75, 3.05) is 4.90 Å². The minimum Gasteiger partial charge on any atom is -0.317 e. The summed E-state index contributed by atoms with van der Waals surface area (Å²) in [6, 6.07) is 18.8. The Morgan fingerprint density at radius 1 is 0.893 bits per heavy atom. The maximum absolute atomic E-state index is 12.2. The minimum absolute atomic E-state index is 0.0741. The van der Waals surface area contributed by atoms with Gasteiger partial charge in [0, 0.05) is 31.7 Å². The molecule has 3 rings (SSSR count). The standard InChI is InChI=1S/C20H18N4O4/c1-21-17(18(24(27)28)19(25)22(2)20(21)26)13-14-23(15-9-5-3-6-10-15)16-11-7-4-8-12-16/h3-14H,1-2H3. The highest BCUT2D eigenvalue weighted by Gasteiger charge is 2.24. The number of anilines is 2. The smallest absolute Gasteiger partial charge is 0.317 e. The normalized spacial score (nSPS) is 10.9. The Balaban J connectivity index is 2.19. The van der Waals surface area contributed by atoms with Gasteiger partial charge in [0.25, 0.3) is 0 Å². The Morgan fingerprint density at radius 2 is 1.39 bits per heavy atom. The molecule has 3 aromatic rings. The molecule has 0 fully saturated rings. The Labute approximate surface area is 160 Å². The Kier molecular flexibility index (Phi) is 5.21. The predicted molar refractivity (Wildman–Crippen MR) is 108 cm³/mol. The van der Waals surface area contributed by atoms with Gasteiger partial charge in [-0.25, -0.2) is 4.79 Å². The zero-order valence-corrected chi connectivity index (χ0v) is 15.4. The van der Waals surface area contributed by atoms with E-state index in [0.29, 0.717) is 0 Å². The molecule has 0 saturated heterocycles. The fourth-order valence-corrected chi connectivity index (χ4v) is 2.85. The summed E-state index contributed by atoms with van der Waals surface area (Å²) in [7, 11) is 2.61. The molecule has 28 heavy (non-hydrogen) atoms. The van der Waals surface area contributed by atoms with Gasteiger partial charge >= 0.3 is 16.9 Å². The topological polar surface area (TPSA) is 90.4 Å². The lowest BCUT2D eigenvalue weighted by Crippen LogP contribution is -2.39. The van der Waals surface area contributed by atoms with Crippen LogP contribution in [0.15, 0.2) is 76.5 Å². The maximum atomic E-state index is 12.2. The van der Waals surface area contributed by atoms with Crippen molar-refractivity contribution in [3.8, 4) is 0 Å². The molecule has 0 aliphatic heterocycles. The number of nitro groups is 1. The Morgan fingerprint density at radius 3 is 1.86 bits per heavy atom. The lowest BCUT2D eigenvalue weighted by atomic mass is 10.2. The Hall–Kier alpha value is -3.94. The SMILES string of the molecule is Cn1c(C=CN(c2ccccc2)c2ccccc2)c([N+](=O)[O-])c(=O)n(C)c1=O. The zero-order chi connectivity index (χ0) is 20.3. The number of rotatable bonds is 5. The molecule has 8 heteroatoms. The van der Waals surface area contributed by atoms with Gasteiger partial charge in [-0.2, -0.15) is 0 Å². The van der Waals surface area contributed by atoms with E-state index in [9.17, 15) is 19.7 Å². The molecule has 142 valence electrons. The first-order valence-corrected chi connectivity index (χ1v) is 8.43. The van der Waals surface area contributed by atoms with Crippen molar-refractivity contribution in [1.82, 2.24) is 9.13 Å². The average molecular weight is 378 g/mol. The first-order chi connectivity index (χ1) is 13.4. The summed E-state index contributed by atoms with van der Waals surface area (Å²) in [6.45, 7) is 0. The second kappa shape index (κ2) is 7.75. The molecule has 8 nitrogen and oxygen atoms in total. The van der Waals surface area contributed by atoms with E-state index >= 15 is 0 Å². The van der Waals surface area contributed by atoms with E-state index in [1.807, 2.05) is 65.6 Å². The molecule has 0 saturated carbocycles. The summed E-state index contributed by atoms with van der Waals surface area (Å²) in [4.78, 5) is 37.0. The van der Waals surface area contributed by atoms with Crippen molar-refractivity contribution < 1.29 is 4.92 Å². The van der Waals surface area contributed by atoms with Gasteiger partial charge in [0.1, 0.15) is 5.69 Å². The average Bonchev–Trinajstić information content (AvgIpc) is 2.71. The number of aromatic nitrogens is 2. The second-order valence-corrected chi connectivity index (χ2v) is 6.05. The molecule has 0 spiro atoms. The summed E-state index contributed by atoms with van der Waals surface area (Å²) >= 11 is 0. The fourth-order valence-electron chi connectivity index (χ4n) is 2.85. The fraction of sp³-hybridized carbons (Fsp3) is 0.100. The van der Waals surface area contributed by atoms with E-state index < -0.39 is 21.9 Å². The monoisotopic (exact) mass is 378 g/mol. The summed E-state index contributed by atoms with van der Waals surface area (Å²) in [5.74, 6) is 0. The van der Waals surface area contributed by atoms with Crippen LogP contribution in [0.5, 0.6) is 0 Å². The number of nitrogens with zero attached hydrogens (tertiary/aromatic N) is 4. The molecular formula is C20H18N4O4. The molecule has 0 atom stereocenters. The molecule has 0 N–H and O–H groups in total. The summed E-state index contributed by atoms with van der Waals surface area (Å²) < 4.78 is 1.81. The first-order valence-electron chi connectivity index (χ1n) is 8.43. The van der Waals surface area contributed by atoms with E-state index in [-0.39, 0.29) is 5.69 Å². The van der Waals surface area contributed by atoms with Gasteiger partial charge in [-0.05, 0) is 30.3 Å². The van der Waals surface area contributed by atoms with Crippen molar-refractivity contribution in [2.24, 2.45) is 14.1 Å². The minimum atomic E-state index is -0.946. The van der Waals surface area contributed by atoms with Crippen LogP contribution < -0.4 is 16.1 Å². The van der Waals surface area contributed by atoms with Gasteiger partial charge in [0.05, 0.1) is 4.92 Å². The van der Waals surface area contributed by atoms with Gasteiger partial charge < -0.3 is 4.90 Å². The molecule has 0 unspecified atom stereocenters. The van der Waals surface area contributed by atoms with Crippen LogP contribution in [0, 0.1) is 10.1 Å². The quantitative estimate of drug-likeness (QED) is 0.503. The molecular weight excluding hydrogens is 360 g/mol. The van der Waals surface area contributed by atoms with Crippen LogP contribution in [0.1, 0.15) is 5.69 Å². The number of benzene rings is 2. The third-order valence-corrected chi connectivity index (χ3v) is 4.32. The lowest BCUT2D eigenvalue weighted by Gasteiger charge is -2.21. The molecule has 1 heterocycles. The highest BCUT2D eigenvalue weighted by Crippen LogP contribution is 2.26. The molecule has 0 amide bonds. The van der Waals surface area contributed by atoms with Crippen molar-refractivity contribution in [3.05, 3.63) is 104 Å². The number of hydrogen-bond acceptors (Lipinski definition) is 5. The van der Waals surface area contributed by atoms with Gasteiger partial charge in [0.15, 0.2) is 0 Å². The van der Waals surface area contributed by atoms with Gasteiger partial charge in [-0.15, -0.1) is 0 Å². The van der Waals surface area contributed by atoms with E-state index in [0.717, 1.165) is 20.5 Å². The van der Waals surface area contributed by atoms with Gasteiger partial charge in [0.2, 0.25) is 0 Å². The lowest BCUT2D eigenvalue weighted by molar-refractivity contribution is -0.387. The van der Waals surface area contributed by atoms with Gasteiger partial charge in [-0.1, -0.05) is 36.4 Å². The maximum Gasteiger partial charge on any atom is 0.357 e. The van der Waals surface area contributed by atoms with Crippen LogP contribution in [0.4, 0.5) is 17.1 Å². The number of para-hydroxylation sites is 2. The van der Waals surface area contributed by atoms with Crippen LogP contribution in [-0.2, 0) is 14.1 Å². The van der Waals surface area contributed by atoms with Crippen LogP contribution in [0.2, 0.25) is 0 Å². The second-order valence-electron chi connectivity index (χ2n) is 6.05.